The first-order valence-corrected chi connectivity index (χ1v) is 3.66. The number of aromatic nitrogens is 3. The molecule has 0 fully saturated rings. The number of nitrogens with two attached hydrogens (primary N) is 3. The highest BCUT2D eigenvalue weighted by atomic mass is 32.1. The van der Waals surface area contributed by atoms with E-state index < -0.39 is 0 Å². The molecule has 0 atom stereocenters. The van der Waals surface area contributed by atoms with Gasteiger partial charge >= 0.3 is 0 Å². The highest BCUT2D eigenvalue weighted by Gasteiger charge is 2.09. The largest absolute Gasteiger partial charge is 0.393 e. The van der Waals surface area contributed by atoms with E-state index in [2.05, 4.69) is 10.2 Å². The minimum absolute atomic E-state index is 0.295. The van der Waals surface area contributed by atoms with E-state index in [0.29, 0.717) is 21.5 Å². The van der Waals surface area contributed by atoms with Crippen LogP contribution in [-0.2, 0) is 0 Å². The van der Waals surface area contributed by atoms with Crippen LogP contribution in [0.15, 0.2) is 0 Å². The van der Waals surface area contributed by atoms with Crippen molar-refractivity contribution in [3.05, 3.63) is 0 Å². The number of nitrogen functional groups attached to an aromatic ring is 3. The summed E-state index contributed by atoms with van der Waals surface area (Å²) in [6.07, 6.45) is 0. The summed E-state index contributed by atoms with van der Waals surface area (Å²) in [7, 11) is 0. The third kappa shape index (κ3) is 0.709. The quantitative estimate of drug-likeness (QED) is 0.495. The summed E-state index contributed by atoms with van der Waals surface area (Å²) < 4.78 is 1.34. The van der Waals surface area contributed by atoms with Crippen LogP contribution in [0.4, 0.5) is 16.6 Å². The number of anilines is 3. The third-order valence-corrected chi connectivity index (χ3v) is 2.15. The number of nitrogens with zero attached hydrogens (tertiary/aromatic N) is 3. The molecule has 0 saturated carbocycles. The Morgan fingerprint density at radius 3 is 2.55 bits per heavy atom. The fourth-order valence-corrected chi connectivity index (χ4v) is 1.49. The van der Waals surface area contributed by atoms with Crippen LogP contribution >= 0.6 is 11.3 Å². The molecule has 0 radical (unpaired) electrons. The van der Waals surface area contributed by atoms with Crippen LogP contribution in [0, 0.1) is 0 Å². The van der Waals surface area contributed by atoms with Crippen molar-refractivity contribution >= 4 is 32.8 Å². The minimum atomic E-state index is 0.295. The molecule has 0 saturated heterocycles. The second kappa shape index (κ2) is 1.76. The van der Waals surface area contributed by atoms with Crippen molar-refractivity contribution in [3.8, 4) is 0 Å². The second-order valence-electron chi connectivity index (χ2n) is 2.03. The lowest BCUT2D eigenvalue weighted by Crippen LogP contribution is -1.93. The summed E-state index contributed by atoms with van der Waals surface area (Å²) in [5.41, 5.74) is 16.8. The van der Waals surface area contributed by atoms with Crippen molar-refractivity contribution in [1.29, 1.82) is 0 Å². The molecule has 2 rings (SSSR count). The molecule has 0 aliphatic heterocycles. The molecule has 0 bridgehead atoms. The summed E-state index contributed by atoms with van der Waals surface area (Å²) >= 11 is 1.26. The van der Waals surface area contributed by atoms with Crippen molar-refractivity contribution in [3.63, 3.8) is 0 Å². The first-order chi connectivity index (χ1) is 5.18. The van der Waals surface area contributed by atoms with Gasteiger partial charge < -0.3 is 17.2 Å². The number of hydrogen-bond acceptors (Lipinski definition) is 6. The topological polar surface area (TPSA) is 108 Å². The van der Waals surface area contributed by atoms with E-state index in [1.54, 1.807) is 0 Å². The molecule has 2 aromatic heterocycles. The van der Waals surface area contributed by atoms with Gasteiger partial charge in [0.2, 0.25) is 5.13 Å². The fraction of sp³-hybridized carbons (Fsp3) is 0. The molecule has 6 N–H and O–H groups in total. The van der Waals surface area contributed by atoms with Gasteiger partial charge in [-0.15, -0.1) is 14.8 Å². The zero-order valence-electron chi connectivity index (χ0n) is 5.48. The van der Waals surface area contributed by atoms with E-state index in [0.717, 1.165) is 0 Å². The van der Waals surface area contributed by atoms with E-state index in [1.165, 1.54) is 16.0 Å². The van der Waals surface area contributed by atoms with Crippen molar-refractivity contribution in [2.75, 3.05) is 17.2 Å². The van der Waals surface area contributed by atoms with Gasteiger partial charge in [-0.1, -0.05) is 11.3 Å². The molecule has 0 aliphatic carbocycles. The molecule has 0 spiro atoms. The molecule has 0 amide bonds. The number of rotatable bonds is 0. The lowest BCUT2D eigenvalue weighted by Gasteiger charge is -1.82. The molecular weight excluding hydrogens is 164 g/mol. The van der Waals surface area contributed by atoms with E-state index in [4.69, 9.17) is 17.2 Å². The van der Waals surface area contributed by atoms with E-state index in [1.807, 2.05) is 0 Å². The van der Waals surface area contributed by atoms with E-state index >= 15 is 0 Å². The molecule has 7 heteroatoms. The lowest BCUT2D eigenvalue weighted by molar-refractivity contribution is 0.831. The van der Waals surface area contributed by atoms with Crippen molar-refractivity contribution in [1.82, 2.24) is 14.8 Å². The average Bonchev–Trinajstić information content (AvgIpc) is 2.37. The predicted molar refractivity (Wildman–Crippen MR) is 44.1 cm³/mol. The van der Waals surface area contributed by atoms with Crippen molar-refractivity contribution in [2.24, 2.45) is 0 Å². The van der Waals surface area contributed by atoms with Gasteiger partial charge in [0.05, 0.1) is 0 Å². The van der Waals surface area contributed by atoms with Gasteiger partial charge in [0, 0.05) is 0 Å². The maximum atomic E-state index is 5.56. The Morgan fingerprint density at radius 2 is 1.91 bits per heavy atom. The van der Waals surface area contributed by atoms with Gasteiger partial charge in [0.25, 0.3) is 0 Å². The molecule has 0 aromatic carbocycles. The minimum Gasteiger partial charge on any atom is -0.393 e. The van der Waals surface area contributed by atoms with Crippen LogP contribution < -0.4 is 17.2 Å². The summed E-state index contributed by atoms with van der Waals surface area (Å²) in [5, 5.41) is 8.09. The predicted octanol–water partition coefficient (Wildman–Crippen LogP) is -0.463. The Labute approximate surface area is 65.6 Å². The molecule has 58 valence electrons. The molecule has 2 heterocycles. The van der Waals surface area contributed by atoms with Crippen LogP contribution in [0.3, 0.4) is 0 Å². The number of fused-ring (bicyclic) bond motifs is 1. The zero-order valence-corrected chi connectivity index (χ0v) is 6.30. The average molecular weight is 170 g/mol. The normalized spacial score (nSPS) is 10.9. The smallest absolute Gasteiger partial charge is 0.203 e. The summed E-state index contributed by atoms with van der Waals surface area (Å²) in [6, 6.07) is 0. The fourth-order valence-electron chi connectivity index (χ4n) is 0.795. The van der Waals surface area contributed by atoms with Gasteiger partial charge in [-0.3, -0.25) is 0 Å². The third-order valence-electron chi connectivity index (χ3n) is 1.28. The van der Waals surface area contributed by atoms with Crippen LogP contribution in [0.2, 0.25) is 0 Å². The Kier molecular flexibility index (Phi) is 0.994. The van der Waals surface area contributed by atoms with Crippen molar-refractivity contribution < 1.29 is 0 Å². The van der Waals surface area contributed by atoms with Gasteiger partial charge in [0.15, 0.2) is 10.6 Å². The highest BCUT2D eigenvalue weighted by Crippen LogP contribution is 2.26. The van der Waals surface area contributed by atoms with Crippen molar-refractivity contribution in [2.45, 2.75) is 0 Å². The van der Waals surface area contributed by atoms with Crippen LogP contribution in [0.5, 0.6) is 0 Å². The molecule has 0 aliphatic rings. The first-order valence-electron chi connectivity index (χ1n) is 2.85. The lowest BCUT2D eigenvalue weighted by atomic mass is 10.5. The Hall–Kier alpha value is -1.50. The highest BCUT2D eigenvalue weighted by molar-refractivity contribution is 7.21. The van der Waals surface area contributed by atoms with Gasteiger partial charge in [-0.2, -0.15) is 0 Å². The summed E-state index contributed by atoms with van der Waals surface area (Å²) in [5.74, 6) is 0.295. The number of hydrogen-bond donors (Lipinski definition) is 3. The van der Waals surface area contributed by atoms with Crippen LogP contribution in [0.1, 0.15) is 0 Å². The van der Waals surface area contributed by atoms with E-state index in [9.17, 15) is 0 Å². The zero-order chi connectivity index (χ0) is 8.01. The standard InChI is InChI=1S/C4H6N6S/c5-1-2(6)8-10-3(1)11-4(7)9-10/h5H2,(H2,6,8)(H2,7,9). The van der Waals surface area contributed by atoms with Gasteiger partial charge in [-0.05, 0) is 0 Å². The Morgan fingerprint density at radius 1 is 1.18 bits per heavy atom. The molecule has 0 unspecified atom stereocenters. The maximum absolute atomic E-state index is 5.56. The molecule has 11 heavy (non-hydrogen) atoms. The van der Waals surface area contributed by atoms with Crippen LogP contribution in [0.25, 0.3) is 4.83 Å². The first kappa shape index (κ1) is 6.23. The summed E-state index contributed by atoms with van der Waals surface area (Å²) in [4.78, 5) is 0.694. The summed E-state index contributed by atoms with van der Waals surface area (Å²) in [6.45, 7) is 0. The Balaban J connectivity index is 2.88. The molecular formula is C4H6N6S. The maximum Gasteiger partial charge on any atom is 0.203 e. The molecule has 6 nitrogen and oxygen atoms in total. The van der Waals surface area contributed by atoms with Gasteiger partial charge in [0.1, 0.15) is 5.69 Å². The monoisotopic (exact) mass is 170 g/mol. The van der Waals surface area contributed by atoms with E-state index in [-0.39, 0.29) is 0 Å². The molecule has 2 aromatic rings. The SMILES string of the molecule is Nc1nn2nc(N)c(N)c2s1. The van der Waals surface area contributed by atoms with Crippen LogP contribution in [-0.4, -0.2) is 14.8 Å². The second-order valence-corrected chi connectivity index (χ2v) is 3.04. The Bertz CT molecular complexity index is 400. The van der Waals surface area contributed by atoms with Gasteiger partial charge in [-0.25, -0.2) is 0 Å².